The van der Waals surface area contributed by atoms with Crippen molar-refractivity contribution >= 4 is 0 Å². The summed E-state index contributed by atoms with van der Waals surface area (Å²) in [6.07, 6.45) is 2.40. The van der Waals surface area contributed by atoms with Gasteiger partial charge in [-0.2, -0.15) is 4.98 Å². The summed E-state index contributed by atoms with van der Waals surface area (Å²) in [5, 5.41) is 3.81. The molecule has 1 atom stereocenters. The Morgan fingerprint density at radius 2 is 2.33 bits per heavy atom. The molecule has 0 saturated heterocycles. The van der Waals surface area contributed by atoms with Crippen molar-refractivity contribution in [3.8, 4) is 0 Å². The topological polar surface area (TPSA) is 77.8 Å². The standard InChI is InChI=1S/C10H12N4O/c1-2-8-13-10(14-15-8)9(11)7-5-3-4-6-12-7/h3-6,9H,2,11H2,1H3. The average Bonchev–Trinajstić information content (AvgIpc) is 2.78. The molecule has 0 spiro atoms. The van der Waals surface area contributed by atoms with Crippen molar-refractivity contribution in [2.24, 2.45) is 5.73 Å². The molecule has 2 heterocycles. The maximum absolute atomic E-state index is 5.94. The van der Waals surface area contributed by atoms with Gasteiger partial charge in [-0.05, 0) is 12.1 Å². The molecule has 0 aliphatic carbocycles. The fourth-order valence-electron chi connectivity index (χ4n) is 1.23. The third-order valence-electron chi connectivity index (χ3n) is 2.07. The van der Waals surface area contributed by atoms with Crippen LogP contribution in [0.2, 0.25) is 0 Å². The molecular weight excluding hydrogens is 192 g/mol. The van der Waals surface area contributed by atoms with Crippen LogP contribution in [0.3, 0.4) is 0 Å². The molecule has 0 aliphatic rings. The summed E-state index contributed by atoms with van der Waals surface area (Å²) in [6, 6.07) is 5.13. The van der Waals surface area contributed by atoms with E-state index in [0.717, 1.165) is 5.69 Å². The van der Waals surface area contributed by atoms with Gasteiger partial charge in [0.1, 0.15) is 6.04 Å². The van der Waals surface area contributed by atoms with Crippen LogP contribution in [0.1, 0.15) is 30.4 Å². The molecule has 2 N–H and O–H groups in total. The number of aryl methyl sites for hydroxylation is 1. The minimum atomic E-state index is -0.421. The third kappa shape index (κ3) is 2.02. The number of nitrogens with zero attached hydrogens (tertiary/aromatic N) is 3. The van der Waals surface area contributed by atoms with Crippen LogP contribution in [0, 0.1) is 0 Å². The Labute approximate surface area is 87.3 Å². The first kappa shape index (κ1) is 9.79. The lowest BCUT2D eigenvalue weighted by Gasteiger charge is -2.04. The van der Waals surface area contributed by atoms with Gasteiger partial charge >= 0.3 is 0 Å². The number of hydrogen-bond acceptors (Lipinski definition) is 5. The van der Waals surface area contributed by atoms with Crippen molar-refractivity contribution in [2.45, 2.75) is 19.4 Å². The van der Waals surface area contributed by atoms with Gasteiger partial charge < -0.3 is 10.3 Å². The van der Waals surface area contributed by atoms with Gasteiger partial charge in [-0.25, -0.2) is 0 Å². The molecule has 78 valence electrons. The van der Waals surface area contributed by atoms with Crippen molar-refractivity contribution in [2.75, 3.05) is 0 Å². The lowest BCUT2D eigenvalue weighted by Crippen LogP contribution is -2.14. The van der Waals surface area contributed by atoms with Crippen LogP contribution < -0.4 is 5.73 Å². The molecule has 15 heavy (non-hydrogen) atoms. The minimum absolute atomic E-state index is 0.421. The van der Waals surface area contributed by atoms with Gasteiger partial charge in [0.05, 0.1) is 5.69 Å². The fraction of sp³-hybridized carbons (Fsp3) is 0.300. The summed E-state index contributed by atoms with van der Waals surface area (Å²) in [5.41, 5.74) is 6.67. The van der Waals surface area contributed by atoms with Crippen molar-refractivity contribution in [1.82, 2.24) is 15.1 Å². The molecule has 2 rings (SSSR count). The van der Waals surface area contributed by atoms with Crippen molar-refractivity contribution < 1.29 is 4.52 Å². The monoisotopic (exact) mass is 204 g/mol. The summed E-state index contributed by atoms with van der Waals surface area (Å²) in [4.78, 5) is 8.31. The Balaban J connectivity index is 2.24. The lowest BCUT2D eigenvalue weighted by molar-refractivity contribution is 0.375. The second-order valence-corrected chi connectivity index (χ2v) is 3.13. The SMILES string of the molecule is CCc1nc(C(N)c2ccccn2)no1. The number of rotatable bonds is 3. The van der Waals surface area contributed by atoms with Gasteiger partial charge in [-0.1, -0.05) is 18.1 Å². The van der Waals surface area contributed by atoms with Gasteiger partial charge in [0, 0.05) is 12.6 Å². The van der Waals surface area contributed by atoms with E-state index in [0.29, 0.717) is 18.1 Å². The van der Waals surface area contributed by atoms with Gasteiger partial charge in [-0.3, -0.25) is 4.98 Å². The van der Waals surface area contributed by atoms with Crippen LogP contribution in [0.25, 0.3) is 0 Å². The summed E-state index contributed by atoms with van der Waals surface area (Å²) < 4.78 is 4.99. The molecule has 5 heteroatoms. The van der Waals surface area contributed by atoms with Crippen molar-refractivity contribution in [3.63, 3.8) is 0 Å². The second-order valence-electron chi connectivity index (χ2n) is 3.13. The van der Waals surface area contributed by atoms with E-state index < -0.39 is 6.04 Å². The van der Waals surface area contributed by atoms with Crippen LogP contribution in [-0.2, 0) is 6.42 Å². The Kier molecular flexibility index (Phi) is 2.73. The predicted molar refractivity (Wildman–Crippen MR) is 53.9 cm³/mol. The van der Waals surface area contributed by atoms with Crippen LogP contribution in [0.5, 0.6) is 0 Å². The van der Waals surface area contributed by atoms with Crippen LogP contribution in [0.15, 0.2) is 28.9 Å². The van der Waals surface area contributed by atoms with Crippen molar-refractivity contribution in [1.29, 1.82) is 0 Å². The first-order valence-corrected chi connectivity index (χ1v) is 4.80. The molecular formula is C10H12N4O. The highest BCUT2D eigenvalue weighted by molar-refractivity contribution is 5.15. The van der Waals surface area contributed by atoms with E-state index in [-0.39, 0.29) is 0 Å². The van der Waals surface area contributed by atoms with E-state index in [1.807, 2.05) is 25.1 Å². The molecule has 0 amide bonds. The highest BCUT2D eigenvalue weighted by Gasteiger charge is 2.16. The molecule has 2 aromatic rings. The van der Waals surface area contributed by atoms with E-state index >= 15 is 0 Å². The summed E-state index contributed by atoms with van der Waals surface area (Å²) in [5.74, 6) is 1.07. The van der Waals surface area contributed by atoms with Crippen LogP contribution in [0.4, 0.5) is 0 Å². The Morgan fingerprint density at radius 3 is 2.93 bits per heavy atom. The molecule has 0 aromatic carbocycles. The summed E-state index contributed by atoms with van der Waals surface area (Å²) in [6.45, 7) is 1.95. The molecule has 0 aliphatic heterocycles. The minimum Gasteiger partial charge on any atom is -0.339 e. The van der Waals surface area contributed by atoms with Gasteiger partial charge in [0.2, 0.25) is 5.89 Å². The molecule has 0 bridgehead atoms. The molecule has 2 aromatic heterocycles. The molecule has 0 radical (unpaired) electrons. The quantitative estimate of drug-likeness (QED) is 0.809. The molecule has 0 saturated carbocycles. The number of aromatic nitrogens is 3. The lowest BCUT2D eigenvalue weighted by atomic mass is 10.2. The number of hydrogen-bond donors (Lipinski definition) is 1. The van der Waals surface area contributed by atoms with Gasteiger partial charge in [-0.15, -0.1) is 0 Å². The van der Waals surface area contributed by atoms with Gasteiger partial charge in [0.15, 0.2) is 5.82 Å². The van der Waals surface area contributed by atoms with Crippen molar-refractivity contribution in [3.05, 3.63) is 41.8 Å². The fourth-order valence-corrected chi connectivity index (χ4v) is 1.23. The predicted octanol–water partition coefficient (Wildman–Crippen LogP) is 1.08. The van der Waals surface area contributed by atoms with Crippen LogP contribution in [-0.4, -0.2) is 15.1 Å². The first-order chi connectivity index (χ1) is 7.31. The third-order valence-corrected chi connectivity index (χ3v) is 2.07. The van der Waals surface area contributed by atoms with E-state index in [1.165, 1.54) is 0 Å². The smallest absolute Gasteiger partial charge is 0.226 e. The number of pyridine rings is 1. The Morgan fingerprint density at radius 1 is 1.47 bits per heavy atom. The van der Waals surface area contributed by atoms with E-state index in [2.05, 4.69) is 15.1 Å². The largest absolute Gasteiger partial charge is 0.339 e. The van der Waals surface area contributed by atoms with E-state index in [1.54, 1.807) is 6.20 Å². The van der Waals surface area contributed by atoms with E-state index in [4.69, 9.17) is 10.3 Å². The maximum Gasteiger partial charge on any atom is 0.226 e. The zero-order valence-electron chi connectivity index (χ0n) is 8.42. The molecule has 0 fully saturated rings. The first-order valence-electron chi connectivity index (χ1n) is 4.80. The van der Waals surface area contributed by atoms with Crippen LogP contribution >= 0.6 is 0 Å². The zero-order valence-corrected chi connectivity index (χ0v) is 8.42. The molecule has 5 nitrogen and oxygen atoms in total. The number of nitrogens with two attached hydrogens (primary N) is 1. The highest BCUT2D eigenvalue weighted by Crippen LogP contribution is 2.13. The Bertz CT molecular complexity index is 426. The summed E-state index contributed by atoms with van der Waals surface area (Å²) >= 11 is 0. The zero-order chi connectivity index (χ0) is 10.7. The second kappa shape index (κ2) is 4.18. The average molecular weight is 204 g/mol. The Hall–Kier alpha value is -1.75. The normalized spacial score (nSPS) is 12.7. The molecule has 1 unspecified atom stereocenters. The summed E-state index contributed by atoms with van der Waals surface area (Å²) in [7, 11) is 0. The van der Waals surface area contributed by atoms with E-state index in [9.17, 15) is 0 Å². The van der Waals surface area contributed by atoms with Gasteiger partial charge in [0.25, 0.3) is 0 Å². The maximum atomic E-state index is 5.94. The highest BCUT2D eigenvalue weighted by atomic mass is 16.5.